The zero-order chi connectivity index (χ0) is 14.1. The fourth-order valence-corrected chi connectivity index (χ4v) is 2.55. The Balaban J connectivity index is 2.36. The molecule has 0 spiro atoms. The van der Waals surface area contributed by atoms with Crippen molar-refractivity contribution >= 4 is 0 Å². The number of unbranched alkanes of at least 4 members (excludes halogenated alkanes) is 6. The molecule has 1 aromatic carbocycles. The van der Waals surface area contributed by atoms with E-state index in [4.69, 9.17) is 5.73 Å². The Morgan fingerprint density at radius 3 is 2.32 bits per heavy atom. The average molecular weight is 263 g/mol. The minimum atomic E-state index is -0.00773. The molecule has 2 nitrogen and oxygen atoms in total. The highest BCUT2D eigenvalue weighted by molar-refractivity contribution is 5.40. The van der Waals surface area contributed by atoms with Crippen molar-refractivity contribution in [3.8, 4) is 5.75 Å². The van der Waals surface area contributed by atoms with E-state index in [9.17, 15) is 5.11 Å². The number of aromatic hydroxyl groups is 1. The lowest BCUT2D eigenvalue weighted by molar-refractivity contribution is 0.463. The molecule has 0 amide bonds. The smallest absolute Gasteiger partial charge is 0.119 e. The van der Waals surface area contributed by atoms with Crippen LogP contribution in [-0.4, -0.2) is 5.11 Å². The monoisotopic (exact) mass is 263 g/mol. The van der Waals surface area contributed by atoms with E-state index in [1.54, 1.807) is 6.07 Å². The number of nitrogens with two attached hydrogens (primary N) is 1. The van der Waals surface area contributed by atoms with Crippen LogP contribution in [0.3, 0.4) is 0 Å². The molecule has 108 valence electrons. The number of rotatable bonds is 9. The van der Waals surface area contributed by atoms with Crippen LogP contribution in [0.15, 0.2) is 18.2 Å². The predicted octanol–water partition coefficient (Wildman–Crippen LogP) is 4.71. The molecule has 3 N–H and O–H groups in total. The van der Waals surface area contributed by atoms with Crippen LogP contribution in [-0.2, 0) is 6.42 Å². The number of hydrogen-bond acceptors (Lipinski definition) is 2. The van der Waals surface area contributed by atoms with Crippen LogP contribution in [0.25, 0.3) is 0 Å². The van der Waals surface area contributed by atoms with Crippen molar-refractivity contribution in [3.63, 3.8) is 0 Å². The summed E-state index contributed by atoms with van der Waals surface area (Å²) in [5.74, 6) is 0.404. The number of hydrogen-bond donors (Lipinski definition) is 2. The van der Waals surface area contributed by atoms with Gasteiger partial charge >= 0.3 is 0 Å². The highest BCUT2D eigenvalue weighted by atomic mass is 16.3. The van der Waals surface area contributed by atoms with E-state index in [-0.39, 0.29) is 6.04 Å². The van der Waals surface area contributed by atoms with Crippen LogP contribution in [0.2, 0.25) is 0 Å². The van der Waals surface area contributed by atoms with Crippen LogP contribution < -0.4 is 5.73 Å². The Bertz CT molecular complexity index is 360. The largest absolute Gasteiger partial charge is 0.508 e. The Morgan fingerprint density at radius 2 is 1.68 bits per heavy atom. The molecular weight excluding hydrogens is 234 g/mol. The van der Waals surface area contributed by atoms with E-state index < -0.39 is 0 Å². The fourth-order valence-electron chi connectivity index (χ4n) is 2.55. The van der Waals surface area contributed by atoms with Gasteiger partial charge in [-0.2, -0.15) is 0 Å². The molecule has 0 saturated heterocycles. The zero-order valence-electron chi connectivity index (χ0n) is 12.5. The topological polar surface area (TPSA) is 46.2 Å². The van der Waals surface area contributed by atoms with Gasteiger partial charge in [0.25, 0.3) is 0 Å². The van der Waals surface area contributed by atoms with E-state index in [2.05, 4.69) is 6.92 Å². The molecular formula is C17H29NO. The fraction of sp³-hybridized carbons (Fsp3) is 0.647. The van der Waals surface area contributed by atoms with Gasteiger partial charge in [-0.05, 0) is 37.0 Å². The first kappa shape index (κ1) is 16.0. The van der Waals surface area contributed by atoms with Crippen molar-refractivity contribution < 1.29 is 5.11 Å². The normalized spacial score (nSPS) is 12.6. The van der Waals surface area contributed by atoms with Gasteiger partial charge in [0.05, 0.1) is 0 Å². The molecule has 1 atom stereocenters. The van der Waals surface area contributed by atoms with Gasteiger partial charge < -0.3 is 10.8 Å². The lowest BCUT2D eigenvalue weighted by Gasteiger charge is -2.14. The summed E-state index contributed by atoms with van der Waals surface area (Å²) in [7, 11) is 0. The van der Waals surface area contributed by atoms with Gasteiger partial charge in [0.15, 0.2) is 0 Å². The van der Waals surface area contributed by atoms with Crippen LogP contribution >= 0.6 is 0 Å². The van der Waals surface area contributed by atoms with Gasteiger partial charge in [-0.1, -0.05) is 57.6 Å². The third-order valence-electron chi connectivity index (χ3n) is 3.71. The standard InChI is InChI=1S/C17H29NO/c1-3-4-5-6-7-8-9-11-16-15(14(2)18)12-10-13-17(16)19/h10,12-14,19H,3-9,11,18H2,1-2H3. The van der Waals surface area contributed by atoms with Crippen molar-refractivity contribution in [2.24, 2.45) is 5.73 Å². The highest BCUT2D eigenvalue weighted by Crippen LogP contribution is 2.27. The molecule has 0 aliphatic heterocycles. The van der Waals surface area contributed by atoms with Crippen LogP contribution in [0.1, 0.15) is 76.0 Å². The molecule has 0 fully saturated rings. The second-order valence-corrected chi connectivity index (χ2v) is 5.50. The molecule has 0 radical (unpaired) electrons. The van der Waals surface area contributed by atoms with Gasteiger partial charge in [0, 0.05) is 6.04 Å². The maximum absolute atomic E-state index is 9.96. The molecule has 19 heavy (non-hydrogen) atoms. The summed E-state index contributed by atoms with van der Waals surface area (Å²) in [6, 6.07) is 5.66. The minimum Gasteiger partial charge on any atom is -0.508 e. The lowest BCUT2D eigenvalue weighted by atomic mass is 9.96. The van der Waals surface area contributed by atoms with E-state index >= 15 is 0 Å². The first-order chi connectivity index (χ1) is 9.16. The summed E-state index contributed by atoms with van der Waals surface area (Å²) in [6.45, 7) is 4.22. The van der Waals surface area contributed by atoms with Crippen molar-refractivity contribution in [1.29, 1.82) is 0 Å². The Labute approximate surface area is 118 Å². The van der Waals surface area contributed by atoms with Crippen molar-refractivity contribution in [2.75, 3.05) is 0 Å². The first-order valence-corrected chi connectivity index (χ1v) is 7.73. The molecule has 0 aliphatic carbocycles. The Hall–Kier alpha value is -1.02. The second kappa shape index (κ2) is 8.98. The number of phenolic OH excluding ortho intramolecular Hbond substituents is 1. The van der Waals surface area contributed by atoms with Crippen LogP contribution in [0, 0.1) is 0 Å². The molecule has 0 heterocycles. The second-order valence-electron chi connectivity index (χ2n) is 5.50. The van der Waals surface area contributed by atoms with Crippen molar-refractivity contribution in [3.05, 3.63) is 29.3 Å². The lowest BCUT2D eigenvalue weighted by Crippen LogP contribution is -2.08. The number of phenols is 1. The molecule has 1 aromatic rings. The minimum absolute atomic E-state index is 0.00773. The van der Waals surface area contributed by atoms with E-state index in [0.29, 0.717) is 5.75 Å². The van der Waals surface area contributed by atoms with Crippen LogP contribution in [0.5, 0.6) is 5.75 Å². The molecule has 1 unspecified atom stereocenters. The first-order valence-electron chi connectivity index (χ1n) is 7.73. The summed E-state index contributed by atoms with van der Waals surface area (Å²) >= 11 is 0. The van der Waals surface area contributed by atoms with E-state index in [1.165, 1.54) is 38.5 Å². The van der Waals surface area contributed by atoms with E-state index in [0.717, 1.165) is 24.0 Å². The molecule has 0 saturated carbocycles. The maximum Gasteiger partial charge on any atom is 0.119 e. The third kappa shape index (κ3) is 5.65. The summed E-state index contributed by atoms with van der Waals surface area (Å²) in [5.41, 5.74) is 8.09. The van der Waals surface area contributed by atoms with Crippen molar-refractivity contribution in [1.82, 2.24) is 0 Å². The quantitative estimate of drug-likeness (QED) is 0.634. The van der Waals surface area contributed by atoms with Crippen LogP contribution in [0.4, 0.5) is 0 Å². The van der Waals surface area contributed by atoms with Gasteiger partial charge in [-0.25, -0.2) is 0 Å². The van der Waals surface area contributed by atoms with Crippen molar-refractivity contribution in [2.45, 2.75) is 71.3 Å². The summed E-state index contributed by atoms with van der Waals surface area (Å²) < 4.78 is 0. The Morgan fingerprint density at radius 1 is 1.05 bits per heavy atom. The third-order valence-corrected chi connectivity index (χ3v) is 3.71. The molecule has 1 rings (SSSR count). The highest BCUT2D eigenvalue weighted by Gasteiger charge is 2.10. The molecule has 0 bridgehead atoms. The van der Waals surface area contributed by atoms with Gasteiger partial charge in [-0.15, -0.1) is 0 Å². The van der Waals surface area contributed by atoms with Gasteiger partial charge in [0.1, 0.15) is 5.75 Å². The average Bonchev–Trinajstić information content (AvgIpc) is 2.39. The molecule has 2 heteroatoms. The summed E-state index contributed by atoms with van der Waals surface area (Å²) in [6.07, 6.45) is 10.00. The Kier molecular flexibility index (Phi) is 7.57. The summed E-state index contributed by atoms with van der Waals surface area (Å²) in [5, 5.41) is 9.96. The molecule has 0 aromatic heterocycles. The zero-order valence-corrected chi connectivity index (χ0v) is 12.5. The number of benzene rings is 1. The summed E-state index contributed by atoms with van der Waals surface area (Å²) in [4.78, 5) is 0. The predicted molar refractivity (Wildman–Crippen MR) is 82.4 cm³/mol. The van der Waals surface area contributed by atoms with Gasteiger partial charge in [-0.3, -0.25) is 0 Å². The van der Waals surface area contributed by atoms with E-state index in [1.807, 2.05) is 19.1 Å². The SMILES string of the molecule is CCCCCCCCCc1c(O)cccc1C(C)N. The maximum atomic E-state index is 9.96. The molecule has 0 aliphatic rings. The van der Waals surface area contributed by atoms with Gasteiger partial charge in [0.2, 0.25) is 0 Å².